The molecule has 0 bridgehead atoms. The highest BCUT2D eigenvalue weighted by Gasteiger charge is 2.19. The SMILES string of the molecule is N#CCCC[C@@H](NC(=O)CNC(=O)OCc1ccccc1)C(=O)O. The van der Waals surface area contributed by atoms with Crippen LogP contribution in [0.25, 0.3) is 0 Å². The zero-order chi connectivity index (χ0) is 17.8. The van der Waals surface area contributed by atoms with E-state index in [9.17, 15) is 14.4 Å². The van der Waals surface area contributed by atoms with Gasteiger partial charge in [-0.2, -0.15) is 5.26 Å². The number of nitrogens with zero attached hydrogens (tertiary/aromatic N) is 1. The van der Waals surface area contributed by atoms with Crippen LogP contribution in [-0.4, -0.2) is 35.7 Å². The van der Waals surface area contributed by atoms with Crippen LogP contribution in [0, 0.1) is 11.3 Å². The minimum atomic E-state index is -1.19. The second-order valence-electron chi connectivity index (χ2n) is 4.92. The van der Waals surface area contributed by atoms with E-state index in [4.69, 9.17) is 15.1 Å². The van der Waals surface area contributed by atoms with Crippen LogP contribution in [0.1, 0.15) is 24.8 Å². The third kappa shape index (κ3) is 7.79. The summed E-state index contributed by atoms with van der Waals surface area (Å²) in [5.41, 5.74) is 0.806. The molecule has 0 heterocycles. The van der Waals surface area contributed by atoms with Crippen molar-refractivity contribution in [2.45, 2.75) is 31.9 Å². The lowest BCUT2D eigenvalue weighted by Crippen LogP contribution is -2.45. The molecule has 0 spiro atoms. The largest absolute Gasteiger partial charge is 0.480 e. The zero-order valence-corrected chi connectivity index (χ0v) is 13.0. The molecule has 0 radical (unpaired) electrons. The van der Waals surface area contributed by atoms with Gasteiger partial charge in [0.2, 0.25) is 5.91 Å². The van der Waals surface area contributed by atoms with Crippen molar-refractivity contribution in [3.05, 3.63) is 35.9 Å². The molecule has 8 nitrogen and oxygen atoms in total. The molecule has 1 atom stereocenters. The first-order valence-corrected chi connectivity index (χ1v) is 7.36. The molecule has 1 aromatic carbocycles. The Morgan fingerprint density at radius 2 is 1.96 bits per heavy atom. The minimum absolute atomic E-state index is 0.0696. The van der Waals surface area contributed by atoms with Gasteiger partial charge in [-0.05, 0) is 18.4 Å². The molecule has 0 aromatic heterocycles. The summed E-state index contributed by atoms with van der Waals surface area (Å²) in [5, 5.41) is 22.0. The maximum absolute atomic E-state index is 11.7. The lowest BCUT2D eigenvalue weighted by atomic mass is 10.1. The predicted octanol–water partition coefficient (Wildman–Crippen LogP) is 1.18. The van der Waals surface area contributed by atoms with Crippen LogP contribution in [0.15, 0.2) is 30.3 Å². The van der Waals surface area contributed by atoms with E-state index >= 15 is 0 Å². The molecule has 0 aliphatic carbocycles. The van der Waals surface area contributed by atoms with Gasteiger partial charge in [-0.3, -0.25) is 4.79 Å². The number of hydrogen-bond acceptors (Lipinski definition) is 5. The first-order chi connectivity index (χ1) is 11.5. The van der Waals surface area contributed by atoms with Crippen molar-refractivity contribution in [3.8, 4) is 6.07 Å². The number of carboxylic acids is 1. The van der Waals surface area contributed by atoms with Gasteiger partial charge in [-0.25, -0.2) is 9.59 Å². The fraction of sp³-hybridized carbons (Fsp3) is 0.375. The molecule has 0 unspecified atom stereocenters. The summed E-state index contributed by atoms with van der Waals surface area (Å²) < 4.78 is 4.93. The molecule has 3 N–H and O–H groups in total. The fourth-order valence-corrected chi connectivity index (χ4v) is 1.81. The van der Waals surface area contributed by atoms with Gasteiger partial charge < -0.3 is 20.5 Å². The molecule has 0 saturated heterocycles. The Morgan fingerprint density at radius 1 is 1.25 bits per heavy atom. The normalized spacial score (nSPS) is 11.0. The first-order valence-electron chi connectivity index (χ1n) is 7.36. The molecule has 1 rings (SSSR count). The van der Waals surface area contributed by atoms with Crippen LogP contribution in [0.5, 0.6) is 0 Å². The highest BCUT2D eigenvalue weighted by molar-refractivity contribution is 5.86. The van der Waals surface area contributed by atoms with E-state index in [2.05, 4.69) is 10.6 Å². The summed E-state index contributed by atoms with van der Waals surface area (Å²) in [6.45, 7) is -0.324. The topological polar surface area (TPSA) is 129 Å². The van der Waals surface area contributed by atoms with Crippen molar-refractivity contribution in [2.75, 3.05) is 6.54 Å². The second-order valence-corrected chi connectivity index (χ2v) is 4.92. The summed E-state index contributed by atoms with van der Waals surface area (Å²) in [6, 6.07) is 9.85. The number of alkyl carbamates (subject to hydrolysis) is 1. The van der Waals surface area contributed by atoms with Crippen LogP contribution in [0.2, 0.25) is 0 Å². The number of nitrogens with one attached hydrogen (secondary N) is 2. The van der Waals surface area contributed by atoms with Crippen molar-refractivity contribution < 1.29 is 24.2 Å². The van der Waals surface area contributed by atoms with Gasteiger partial charge in [-0.1, -0.05) is 30.3 Å². The summed E-state index contributed by atoms with van der Waals surface area (Å²) in [7, 11) is 0. The lowest BCUT2D eigenvalue weighted by Gasteiger charge is -2.14. The summed E-state index contributed by atoms with van der Waals surface area (Å²) in [5.74, 6) is -1.83. The van der Waals surface area contributed by atoms with Gasteiger partial charge in [0.25, 0.3) is 0 Å². The van der Waals surface area contributed by atoms with Crippen molar-refractivity contribution in [3.63, 3.8) is 0 Å². The number of unbranched alkanes of at least 4 members (excludes halogenated alkanes) is 1. The molecule has 0 aliphatic rings. The van der Waals surface area contributed by atoms with E-state index in [1.807, 2.05) is 24.3 Å². The number of benzene rings is 1. The van der Waals surface area contributed by atoms with Crippen molar-refractivity contribution in [1.82, 2.24) is 10.6 Å². The standard InChI is InChI=1S/C16H19N3O5/c17-9-5-4-8-13(15(21)22)19-14(20)10-18-16(23)24-11-12-6-2-1-3-7-12/h1-3,6-7,13H,4-5,8,10-11H2,(H,18,23)(H,19,20)(H,21,22)/t13-/m1/s1. The van der Waals surface area contributed by atoms with Crippen LogP contribution >= 0.6 is 0 Å². The van der Waals surface area contributed by atoms with Crippen LogP contribution in [0.4, 0.5) is 4.79 Å². The number of nitriles is 1. The summed E-state index contributed by atoms with van der Waals surface area (Å²) >= 11 is 0. The molecule has 0 fully saturated rings. The monoisotopic (exact) mass is 333 g/mol. The lowest BCUT2D eigenvalue weighted by molar-refractivity contribution is -0.141. The van der Waals surface area contributed by atoms with Crippen molar-refractivity contribution in [1.29, 1.82) is 5.26 Å². The Balaban J connectivity index is 2.29. The smallest absolute Gasteiger partial charge is 0.407 e. The van der Waals surface area contributed by atoms with Gasteiger partial charge in [0.15, 0.2) is 0 Å². The molecule has 24 heavy (non-hydrogen) atoms. The van der Waals surface area contributed by atoms with Crippen molar-refractivity contribution >= 4 is 18.0 Å². The number of carbonyl (C=O) groups excluding carboxylic acids is 2. The van der Waals surface area contributed by atoms with E-state index in [1.54, 1.807) is 12.1 Å². The Kier molecular flexibility index (Phi) is 8.39. The average Bonchev–Trinajstić information content (AvgIpc) is 2.58. The molecule has 1 aromatic rings. The highest BCUT2D eigenvalue weighted by Crippen LogP contribution is 2.01. The molecule has 0 saturated carbocycles. The molecule has 0 aliphatic heterocycles. The zero-order valence-electron chi connectivity index (χ0n) is 13.0. The van der Waals surface area contributed by atoms with Gasteiger partial charge in [0, 0.05) is 6.42 Å². The van der Waals surface area contributed by atoms with E-state index in [-0.39, 0.29) is 19.4 Å². The molecular weight excluding hydrogens is 314 g/mol. The number of amides is 2. The molecular formula is C16H19N3O5. The van der Waals surface area contributed by atoms with Gasteiger partial charge in [0.05, 0.1) is 6.07 Å². The Morgan fingerprint density at radius 3 is 2.58 bits per heavy atom. The Hall–Kier alpha value is -3.08. The van der Waals surface area contributed by atoms with Gasteiger partial charge in [-0.15, -0.1) is 0 Å². The fourth-order valence-electron chi connectivity index (χ4n) is 1.81. The predicted molar refractivity (Wildman–Crippen MR) is 83.7 cm³/mol. The Labute approximate surface area is 139 Å². The van der Waals surface area contributed by atoms with E-state index < -0.39 is 30.6 Å². The quantitative estimate of drug-likeness (QED) is 0.582. The van der Waals surface area contributed by atoms with E-state index in [0.717, 1.165) is 5.56 Å². The third-order valence-corrected chi connectivity index (χ3v) is 3.02. The second kappa shape index (κ2) is 10.6. The molecule has 2 amide bonds. The summed E-state index contributed by atoms with van der Waals surface area (Å²) in [6.07, 6.45) is -0.0535. The van der Waals surface area contributed by atoms with Crippen molar-refractivity contribution in [2.24, 2.45) is 0 Å². The minimum Gasteiger partial charge on any atom is -0.480 e. The van der Waals surface area contributed by atoms with Crippen LogP contribution in [0.3, 0.4) is 0 Å². The maximum Gasteiger partial charge on any atom is 0.407 e. The number of carboxylic acid groups (broad SMARTS) is 1. The number of carbonyl (C=O) groups is 3. The number of ether oxygens (including phenoxy) is 1. The van der Waals surface area contributed by atoms with Crippen LogP contribution in [-0.2, 0) is 20.9 Å². The molecule has 8 heteroatoms. The first kappa shape index (κ1) is 19.0. The van der Waals surface area contributed by atoms with E-state index in [1.165, 1.54) is 0 Å². The van der Waals surface area contributed by atoms with Gasteiger partial charge >= 0.3 is 12.1 Å². The summed E-state index contributed by atoms with van der Waals surface area (Å²) in [4.78, 5) is 34.2. The highest BCUT2D eigenvalue weighted by atomic mass is 16.5. The maximum atomic E-state index is 11.7. The number of aliphatic carboxylic acids is 1. The van der Waals surface area contributed by atoms with Crippen LogP contribution < -0.4 is 10.6 Å². The van der Waals surface area contributed by atoms with E-state index in [0.29, 0.717) is 6.42 Å². The van der Waals surface area contributed by atoms with Gasteiger partial charge in [0.1, 0.15) is 19.2 Å². The number of hydrogen-bond donors (Lipinski definition) is 3. The average molecular weight is 333 g/mol. The number of rotatable bonds is 9. The third-order valence-electron chi connectivity index (χ3n) is 3.02. The molecule has 128 valence electrons. The Bertz CT molecular complexity index is 597.